The molecule has 1 aromatic carbocycles. The Morgan fingerprint density at radius 3 is 2.67 bits per heavy atom. The van der Waals surface area contributed by atoms with Crippen molar-refractivity contribution in [2.45, 2.75) is 24.7 Å². The highest BCUT2D eigenvalue weighted by Gasteiger charge is 2.32. The third kappa shape index (κ3) is 2.58. The van der Waals surface area contributed by atoms with Crippen LogP contribution in [-0.4, -0.2) is 40.3 Å². The van der Waals surface area contributed by atoms with Gasteiger partial charge in [-0.3, -0.25) is 4.79 Å². The van der Waals surface area contributed by atoms with Gasteiger partial charge in [-0.15, -0.1) is 0 Å². The van der Waals surface area contributed by atoms with Crippen molar-refractivity contribution in [2.24, 2.45) is 5.92 Å². The lowest BCUT2D eigenvalue weighted by atomic mass is 9.95. The molecule has 0 atom stereocenters. The molecule has 1 saturated heterocycles. The van der Waals surface area contributed by atoms with E-state index >= 15 is 0 Å². The molecule has 1 aliphatic rings. The second-order valence-electron chi connectivity index (χ2n) is 5.18. The van der Waals surface area contributed by atoms with E-state index in [0.717, 1.165) is 11.7 Å². The Kier molecular flexibility index (Phi) is 3.76. The van der Waals surface area contributed by atoms with Crippen molar-refractivity contribution in [3.8, 4) is 0 Å². The Labute approximate surface area is 127 Å². The van der Waals surface area contributed by atoms with E-state index in [4.69, 9.17) is 0 Å². The summed E-state index contributed by atoms with van der Waals surface area (Å²) in [5, 5.41) is 0. The third-order valence-corrected chi connectivity index (χ3v) is 6.37. The number of carbonyl (C=O) groups excluding carboxylic acids is 1. The topological polar surface area (TPSA) is 80.2 Å². The predicted octanol–water partition coefficient (Wildman–Crippen LogP) is 1.68. The number of Topliss-reactive ketones (excluding diaryl/α,β-unsaturated/α-hetero) is 1. The number of ketones is 1. The van der Waals surface area contributed by atoms with Crippen molar-refractivity contribution in [2.75, 3.05) is 13.1 Å². The first-order valence-electron chi connectivity index (χ1n) is 6.72. The number of hydrogen-bond donors (Lipinski definition) is 0. The molecular weight excluding hydrogens is 310 g/mol. The minimum atomic E-state index is -3.58. The maximum absolute atomic E-state index is 12.8. The van der Waals surface area contributed by atoms with Crippen LogP contribution in [0, 0.1) is 5.92 Å². The molecule has 0 radical (unpaired) electrons. The summed E-state index contributed by atoms with van der Waals surface area (Å²) < 4.78 is 35.1. The number of piperidine rings is 1. The summed E-state index contributed by atoms with van der Waals surface area (Å²) in [6.45, 7) is 2.32. The molecule has 3 rings (SSSR count). The molecule has 0 aliphatic carbocycles. The molecule has 2 aromatic rings. The van der Waals surface area contributed by atoms with E-state index in [-0.39, 0.29) is 16.6 Å². The minimum Gasteiger partial charge on any atom is -0.300 e. The first-order valence-corrected chi connectivity index (χ1v) is 8.89. The van der Waals surface area contributed by atoms with Crippen molar-refractivity contribution >= 4 is 38.6 Å². The van der Waals surface area contributed by atoms with Gasteiger partial charge in [0.2, 0.25) is 10.0 Å². The van der Waals surface area contributed by atoms with E-state index in [1.54, 1.807) is 25.1 Å². The summed E-state index contributed by atoms with van der Waals surface area (Å²) in [6.07, 6.45) is 1.17. The molecular formula is C13H15N3O3S2. The lowest BCUT2D eigenvalue weighted by molar-refractivity contribution is -0.121. The number of aromatic nitrogens is 2. The highest BCUT2D eigenvalue weighted by atomic mass is 32.2. The van der Waals surface area contributed by atoms with Gasteiger partial charge in [0.05, 0.1) is 11.7 Å². The van der Waals surface area contributed by atoms with Crippen LogP contribution in [0.4, 0.5) is 0 Å². The zero-order valence-corrected chi connectivity index (χ0v) is 13.2. The second kappa shape index (κ2) is 5.43. The zero-order chi connectivity index (χ0) is 15.0. The van der Waals surface area contributed by atoms with Crippen LogP contribution in [0.5, 0.6) is 0 Å². The number of benzene rings is 1. The van der Waals surface area contributed by atoms with E-state index in [0.29, 0.717) is 37.0 Å². The van der Waals surface area contributed by atoms with Gasteiger partial charge in [0.1, 0.15) is 21.7 Å². The Hall–Kier alpha value is -1.38. The molecule has 0 N–H and O–H groups in total. The predicted molar refractivity (Wildman–Crippen MR) is 79.6 cm³/mol. The molecule has 2 heterocycles. The molecule has 0 saturated carbocycles. The van der Waals surface area contributed by atoms with Crippen LogP contribution in [0.2, 0.25) is 0 Å². The van der Waals surface area contributed by atoms with E-state index < -0.39 is 10.0 Å². The Morgan fingerprint density at radius 2 is 2.00 bits per heavy atom. The van der Waals surface area contributed by atoms with Gasteiger partial charge >= 0.3 is 0 Å². The zero-order valence-electron chi connectivity index (χ0n) is 11.5. The molecule has 0 unspecified atom stereocenters. The fourth-order valence-electron chi connectivity index (χ4n) is 2.63. The maximum Gasteiger partial charge on any atom is 0.245 e. The fraction of sp³-hybridized carbons (Fsp3) is 0.462. The van der Waals surface area contributed by atoms with Crippen molar-refractivity contribution < 1.29 is 13.2 Å². The third-order valence-electron chi connectivity index (χ3n) is 3.90. The second-order valence-corrected chi connectivity index (χ2v) is 7.61. The van der Waals surface area contributed by atoms with Gasteiger partial charge in [0.15, 0.2) is 0 Å². The first-order chi connectivity index (χ1) is 10.00. The van der Waals surface area contributed by atoms with Crippen LogP contribution >= 0.6 is 11.7 Å². The number of nitrogens with zero attached hydrogens (tertiary/aromatic N) is 3. The molecule has 0 amide bonds. The molecule has 1 aliphatic heterocycles. The van der Waals surface area contributed by atoms with E-state index in [9.17, 15) is 13.2 Å². The van der Waals surface area contributed by atoms with Gasteiger partial charge in [0.25, 0.3) is 0 Å². The maximum atomic E-state index is 12.8. The number of rotatable bonds is 3. The first kappa shape index (κ1) is 14.6. The van der Waals surface area contributed by atoms with E-state index in [1.165, 1.54) is 4.31 Å². The lowest BCUT2D eigenvalue weighted by Gasteiger charge is -2.30. The monoisotopic (exact) mass is 325 g/mol. The Bertz CT molecular complexity index is 777. The molecule has 8 heteroatoms. The van der Waals surface area contributed by atoms with Gasteiger partial charge < -0.3 is 0 Å². The fourth-order valence-corrected chi connectivity index (χ4v) is 4.85. The highest BCUT2D eigenvalue weighted by Crippen LogP contribution is 2.28. The smallest absolute Gasteiger partial charge is 0.245 e. The van der Waals surface area contributed by atoms with Crippen LogP contribution in [0.25, 0.3) is 11.0 Å². The standard InChI is InChI=1S/C13H15N3O3S2/c1-9(17)10-5-7-16(8-6-10)21(18,19)12-4-2-3-11-13(12)15-20-14-11/h2-4,10H,5-8H2,1H3. The van der Waals surface area contributed by atoms with Crippen LogP contribution in [-0.2, 0) is 14.8 Å². The average Bonchev–Trinajstić information content (AvgIpc) is 2.95. The average molecular weight is 325 g/mol. The van der Waals surface area contributed by atoms with Gasteiger partial charge in [-0.25, -0.2) is 8.42 Å². The van der Waals surface area contributed by atoms with Gasteiger partial charge in [0, 0.05) is 19.0 Å². The van der Waals surface area contributed by atoms with Gasteiger partial charge in [-0.2, -0.15) is 13.1 Å². The molecule has 1 aromatic heterocycles. The van der Waals surface area contributed by atoms with Crippen LogP contribution in [0.1, 0.15) is 19.8 Å². The molecule has 1 fully saturated rings. The van der Waals surface area contributed by atoms with E-state index in [2.05, 4.69) is 8.75 Å². The largest absolute Gasteiger partial charge is 0.300 e. The quantitative estimate of drug-likeness (QED) is 0.858. The molecule has 112 valence electrons. The molecule has 0 bridgehead atoms. The van der Waals surface area contributed by atoms with Crippen molar-refractivity contribution in [1.82, 2.24) is 13.1 Å². The molecule has 21 heavy (non-hydrogen) atoms. The molecule has 0 spiro atoms. The Morgan fingerprint density at radius 1 is 1.29 bits per heavy atom. The van der Waals surface area contributed by atoms with Crippen molar-refractivity contribution in [1.29, 1.82) is 0 Å². The van der Waals surface area contributed by atoms with E-state index in [1.807, 2.05) is 0 Å². The van der Waals surface area contributed by atoms with Crippen LogP contribution in [0.15, 0.2) is 23.1 Å². The number of hydrogen-bond acceptors (Lipinski definition) is 6. The lowest BCUT2D eigenvalue weighted by Crippen LogP contribution is -2.39. The number of carbonyl (C=O) groups is 1. The number of fused-ring (bicyclic) bond motifs is 1. The van der Waals surface area contributed by atoms with Gasteiger partial charge in [-0.1, -0.05) is 6.07 Å². The summed E-state index contributed by atoms with van der Waals surface area (Å²) >= 11 is 1.01. The number of sulfonamides is 1. The normalized spacial score (nSPS) is 18.1. The highest BCUT2D eigenvalue weighted by molar-refractivity contribution is 7.89. The van der Waals surface area contributed by atoms with Gasteiger partial charge in [-0.05, 0) is 31.9 Å². The SMILES string of the molecule is CC(=O)C1CCN(S(=O)(=O)c2cccc3nsnc23)CC1. The summed E-state index contributed by atoms with van der Waals surface area (Å²) in [5.41, 5.74) is 1.02. The summed E-state index contributed by atoms with van der Waals surface area (Å²) in [7, 11) is -3.58. The van der Waals surface area contributed by atoms with Crippen molar-refractivity contribution in [3.05, 3.63) is 18.2 Å². The molecule has 6 nitrogen and oxygen atoms in total. The minimum absolute atomic E-state index is 0.0202. The van der Waals surface area contributed by atoms with Crippen LogP contribution in [0.3, 0.4) is 0 Å². The summed E-state index contributed by atoms with van der Waals surface area (Å²) in [4.78, 5) is 11.6. The van der Waals surface area contributed by atoms with Crippen LogP contribution < -0.4 is 0 Å². The summed E-state index contributed by atoms with van der Waals surface area (Å²) in [6, 6.07) is 4.99. The summed E-state index contributed by atoms with van der Waals surface area (Å²) in [5.74, 6) is 0.117. The Balaban J connectivity index is 1.91. The van der Waals surface area contributed by atoms with Crippen molar-refractivity contribution in [3.63, 3.8) is 0 Å².